The Bertz CT molecular complexity index is 370. The highest BCUT2D eigenvalue weighted by Crippen LogP contribution is 2.50. The highest BCUT2D eigenvalue weighted by atomic mass is 32.1. The normalized spacial score (nSPS) is 17.5. The van der Waals surface area contributed by atoms with E-state index in [1.54, 1.807) is 6.07 Å². The molecule has 1 aliphatic rings. The van der Waals surface area contributed by atoms with Crippen LogP contribution < -0.4 is 5.90 Å². The van der Waals surface area contributed by atoms with Crippen LogP contribution in [-0.4, -0.2) is 19.7 Å². The molecule has 1 saturated carbocycles. The number of hydrogen-bond acceptors (Lipinski definition) is 5. The van der Waals surface area contributed by atoms with Crippen molar-refractivity contribution in [2.45, 2.75) is 18.3 Å². The van der Waals surface area contributed by atoms with E-state index in [1.165, 1.54) is 18.4 Å². The lowest BCUT2D eigenvalue weighted by atomic mass is 10.1. The van der Waals surface area contributed by atoms with Gasteiger partial charge in [-0.1, -0.05) is 0 Å². The van der Waals surface area contributed by atoms with Crippen LogP contribution in [0, 0.1) is 0 Å². The fourth-order valence-electron chi connectivity index (χ4n) is 1.61. The summed E-state index contributed by atoms with van der Waals surface area (Å²) in [5.74, 6) is 4.82. The zero-order valence-electron chi connectivity index (χ0n) is 8.49. The van der Waals surface area contributed by atoms with Crippen LogP contribution in [-0.2, 0) is 15.0 Å². The fourth-order valence-corrected chi connectivity index (χ4v) is 2.76. The van der Waals surface area contributed by atoms with Crippen molar-refractivity contribution in [3.05, 3.63) is 21.9 Å². The molecule has 2 rings (SSSR count). The second-order valence-electron chi connectivity index (χ2n) is 3.75. The van der Waals surface area contributed by atoms with Gasteiger partial charge in [-0.15, -0.1) is 11.3 Å². The number of methoxy groups -OCH3 is 1. The third-order valence-corrected chi connectivity index (χ3v) is 4.04. The topological polar surface area (TPSA) is 61.5 Å². The maximum Gasteiger partial charge on any atom is 0.348 e. The maximum atomic E-state index is 11.3. The molecule has 4 nitrogen and oxygen atoms in total. The van der Waals surface area contributed by atoms with E-state index in [0.29, 0.717) is 11.5 Å². The standard InChI is InChI=1S/C10H13NO3S/c1-13-9(12)7-2-3-8(15-7)10(4-5-10)6-14-11/h2-3H,4-6,11H2,1H3. The van der Waals surface area contributed by atoms with Gasteiger partial charge in [-0.2, -0.15) is 0 Å². The Morgan fingerprint density at radius 2 is 2.33 bits per heavy atom. The third-order valence-electron chi connectivity index (χ3n) is 2.73. The highest BCUT2D eigenvalue weighted by Gasteiger charge is 2.46. The molecule has 0 aliphatic heterocycles. The summed E-state index contributed by atoms with van der Waals surface area (Å²) in [7, 11) is 1.39. The predicted molar refractivity (Wildman–Crippen MR) is 56.7 cm³/mol. The van der Waals surface area contributed by atoms with E-state index < -0.39 is 0 Å². The molecule has 1 aliphatic carbocycles. The molecule has 0 unspecified atom stereocenters. The Labute approximate surface area is 91.9 Å². The van der Waals surface area contributed by atoms with E-state index in [1.807, 2.05) is 6.07 Å². The lowest BCUT2D eigenvalue weighted by Crippen LogP contribution is -2.16. The summed E-state index contributed by atoms with van der Waals surface area (Å²) in [6, 6.07) is 3.76. The lowest BCUT2D eigenvalue weighted by Gasteiger charge is -2.10. The summed E-state index contributed by atoms with van der Waals surface area (Å²) < 4.78 is 4.66. The average Bonchev–Trinajstić information content (AvgIpc) is 2.85. The molecule has 0 atom stereocenters. The van der Waals surface area contributed by atoms with Crippen molar-refractivity contribution in [3.63, 3.8) is 0 Å². The summed E-state index contributed by atoms with van der Waals surface area (Å²) in [6.45, 7) is 0.522. The number of thiophene rings is 1. The van der Waals surface area contributed by atoms with Crippen LogP contribution in [0.3, 0.4) is 0 Å². The second kappa shape index (κ2) is 3.92. The fraction of sp³-hybridized carbons (Fsp3) is 0.500. The first-order chi connectivity index (χ1) is 7.22. The molecule has 0 saturated heterocycles. The number of carbonyl (C=O) groups is 1. The van der Waals surface area contributed by atoms with E-state index in [9.17, 15) is 4.79 Å². The molecular weight excluding hydrogens is 214 g/mol. The van der Waals surface area contributed by atoms with Crippen molar-refractivity contribution < 1.29 is 14.4 Å². The molecule has 1 aromatic rings. The number of esters is 1. The van der Waals surface area contributed by atoms with Crippen LogP contribution in [0.2, 0.25) is 0 Å². The average molecular weight is 227 g/mol. The minimum atomic E-state index is -0.282. The number of hydrogen-bond donors (Lipinski definition) is 1. The number of carbonyl (C=O) groups excluding carboxylic acids is 1. The summed E-state index contributed by atoms with van der Waals surface area (Å²) >= 11 is 1.46. The first kappa shape index (κ1) is 10.6. The summed E-state index contributed by atoms with van der Waals surface area (Å²) in [5.41, 5.74) is 0.0612. The van der Waals surface area contributed by atoms with Gasteiger partial charge >= 0.3 is 5.97 Å². The molecule has 82 valence electrons. The van der Waals surface area contributed by atoms with Crippen molar-refractivity contribution in [1.82, 2.24) is 0 Å². The number of rotatable bonds is 4. The van der Waals surface area contributed by atoms with Gasteiger partial charge < -0.3 is 9.57 Å². The van der Waals surface area contributed by atoms with Crippen LogP contribution in [0.1, 0.15) is 27.4 Å². The smallest absolute Gasteiger partial charge is 0.348 e. The van der Waals surface area contributed by atoms with Crippen LogP contribution in [0.5, 0.6) is 0 Å². The second-order valence-corrected chi connectivity index (χ2v) is 4.83. The van der Waals surface area contributed by atoms with Crippen LogP contribution in [0.15, 0.2) is 12.1 Å². The Hall–Kier alpha value is -0.910. The molecule has 0 bridgehead atoms. The summed E-state index contributed by atoms with van der Waals surface area (Å²) in [4.78, 5) is 17.8. The quantitative estimate of drug-likeness (QED) is 0.625. The first-order valence-corrected chi connectivity index (χ1v) is 5.54. The minimum Gasteiger partial charge on any atom is -0.465 e. The molecule has 0 amide bonds. The number of nitrogens with two attached hydrogens (primary N) is 1. The Kier molecular flexibility index (Phi) is 2.77. The largest absolute Gasteiger partial charge is 0.465 e. The van der Waals surface area contributed by atoms with E-state index in [4.69, 9.17) is 10.7 Å². The van der Waals surface area contributed by atoms with Crippen molar-refractivity contribution >= 4 is 17.3 Å². The summed E-state index contributed by atoms with van der Waals surface area (Å²) in [6.07, 6.45) is 2.15. The Morgan fingerprint density at radius 1 is 1.60 bits per heavy atom. The van der Waals surface area contributed by atoms with Gasteiger partial charge in [0, 0.05) is 10.3 Å². The van der Waals surface area contributed by atoms with Gasteiger partial charge in [0.15, 0.2) is 0 Å². The SMILES string of the molecule is COC(=O)c1ccc(C2(CON)CC2)s1. The number of ether oxygens (including phenoxy) is 1. The van der Waals surface area contributed by atoms with E-state index >= 15 is 0 Å². The van der Waals surface area contributed by atoms with Crippen LogP contribution in [0.25, 0.3) is 0 Å². The van der Waals surface area contributed by atoms with Gasteiger partial charge in [0.05, 0.1) is 13.7 Å². The molecule has 1 fully saturated rings. The zero-order valence-corrected chi connectivity index (χ0v) is 9.30. The molecule has 1 aromatic heterocycles. The maximum absolute atomic E-state index is 11.3. The predicted octanol–water partition coefficient (Wildman–Crippen LogP) is 1.46. The van der Waals surface area contributed by atoms with Gasteiger partial charge in [0.2, 0.25) is 0 Å². The Balaban J connectivity index is 2.17. The van der Waals surface area contributed by atoms with Gasteiger partial charge in [0.1, 0.15) is 4.88 Å². The van der Waals surface area contributed by atoms with Crippen molar-refractivity contribution in [3.8, 4) is 0 Å². The molecule has 5 heteroatoms. The molecule has 2 N–H and O–H groups in total. The highest BCUT2D eigenvalue weighted by molar-refractivity contribution is 7.14. The molecule has 0 radical (unpaired) electrons. The molecule has 0 aromatic carbocycles. The van der Waals surface area contributed by atoms with Gasteiger partial charge in [0.25, 0.3) is 0 Å². The summed E-state index contributed by atoms with van der Waals surface area (Å²) in [5, 5.41) is 0. The van der Waals surface area contributed by atoms with E-state index in [-0.39, 0.29) is 11.4 Å². The first-order valence-electron chi connectivity index (χ1n) is 4.72. The molecule has 1 heterocycles. The van der Waals surface area contributed by atoms with Crippen LogP contribution in [0.4, 0.5) is 0 Å². The molecule has 0 spiro atoms. The van der Waals surface area contributed by atoms with Crippen molar-refractivity contribution in [2.75, 3.05) is 13.7 Å². The molecular formula is C10H13NO3S. The third kappa shape index (κ3) is 1.90. The monoisotopic (exact) mass is 227 g/mol. The lowest BCUT2D eigenvalue weighted by molar-refractivity contribution is 0.0606. The van der Waals surface area contributed by atoms with E-state index in [2.05, 4.69) is 4.74 Å². The van der Waals surface area contributed by atoms with Crippen molar-refractivity contribution in [2.24, 2.45) is 5.90 Å². The minimum absolute atomic E-state index is 0.0612. The van der Waals surface area contributed by atoms with Crippen LogP contribution >= 0.6 is 11.3 Å². The molecule has 15 heavy (non-hydrogen) atoms. The van der Waals surface area contributed by atoms with E-state index in [0.717, 1.165) is 17.7 Å². The van der Waals surface area contributed by atoms with Gasteiger partial charge in [-0.05, 0) is 25.0 Å². The Morgan fingerprint density at radius 3 is 2.87 bits per heavy atom. The van der Waals surface area contributed by atoms with Gasteiger partial charge in [-0.25, -0.2) is 10.7 Å². The van der Waals surface area contributed by atoms with Crippen molar-refractivity contribution in [1.29, 1.82) is 0 Å². The van der Waals surface area contributed by atoms with Gasteiger partial charge in [-0.3, -0.25) is 0 Å². The zero-order chi connectivity index (χ0) is 10.9.